The van der Waals surface area contributed by atoms with E-state index in [1.807, 2.05) is 86.6 Å². The molecule has 10 nitrogen and oxygen atoms in total. The fourth-order valence-electron chi connectivity index (χ4n) is 6.79. The SMILES string of the molecule is Cc1ccc(S(=O)(=O)[N-]c2ccccc2-c2nc3ccc4ccccc4c3o2)cc1.Cc1ccc(S(=O)(=O)[N-]c2ccccc2-c2nc3ccc4ccccc4c3o2)cc1.[Zn+2]. The second kappa shape index (κ2) is 16.8. The molecule has 0 aliphatic heterocycles. The monoisotopic (exact) mass is 890 g/mol. The standard InChI is InChI=1S/2C24H17N2O3S.Zn/c2*1-16-10-13-18(14-11-16)30(27,28)26-21-9-5-4-8-20(21)24-25-22-15-12-17-6-2-3-7-19(17)23(22)29-24;/h2*2-15H,1H3;/q2*-1;+2. The number of aryl methyl sites for hydroxylation is 2. The molecule has 0 saturated heterocycles. The molecule has 10 rings (SSSR count). The van der Waals surface area contributed by atoms with E-state index >= 15 is 0 Å². The van der Waals surface area contributed by atoms with Crippen molar-refractivity contribution in [1.29, 1.82) is 0 Å². The third-order valence-electron chi connectivity index (χ3n) is 9.90. The normalized spacial score (nSPS) is 11.6. The van der Waals surface area contributed by atoms with Crippen LogP contribution in [0.3, 0.4) is 0 Å². The molecule has 13 heteroatoms. The van der Waals surface area contributed by atoms with Gasteiger partial charge in [-0.05, 0) is 61.0 Å². The minimum atomic E-state index is -3.87. The van der Waals surface area contributed by atoms with Gasteiger partial charge in [0.05, 0.1) is 9.79 Å². The average molecular weight is 892 g/mol. The van der Waals surface area contributed by atoms with Crippen molar-refractivity contribution in [2.24, 2.45) is 0 Å². The van der Waals surface area contributed by atoms with Crippen LogP contribution in [-0.4, -0.2) is 26.8 Å². The van der Waals surface area contributed by atoms with Gasteiger partial charge in [-0.1, -0.05) is 145 Å². The largest absolute Gasteiger partial charge is 2.00 e. The first kappa shape index (κ1) is 41.1. The van der Waals surface area contributed by atoms with E-state index in [0.29, 0.717) is 45.1 Å². The minimum Gasteiger partial charge on any atom is -0.572 e. The Hall–Kier alpha value is -6.66. The molecule has 61 heavy (non-hydrogen) atoms. The van der Waals surface area contributed by atoms with Gasteiger partial charge in [0.15, 0.2) is 11.2 Å². The zero-order valence-electron chi connectivity index (χ0n) is 32.9. The van der Waals surface area contributed by atoms with E-state index in [1.54, 1.807) is 97.1 Å². The molecule has 0 N–H and O–H groups in total. The summed E-state index contributed by atoms with van der Waals surface area (Å²) >= 11 is 0. The number of benzene rings is 8. The van der Waals surface area contributed by atoms with Crippen molar-refractivity contribution in [3.63, 3.8) is 0 Å². The van der Waals surface area contributed by atoms with Crippen molar-refractivity contribution in [3.8, 4) is 22.9 Å². The van der Waals surface area contributed by atoms with Gasteiger partial charge in [0.2, 0.25) is 11.8 Å². The number of rotatable bonds is 8. The van der Waals surface area contributed by atoms with Crippen LogP contribution in [-0.2, 0) is 39.5 Å². The Balaban J connectivity index is 0.000000166. The Morgan fingerprint density at radius 3 is 1.20 bits per heavy atom. The fourth-order valence-corrected chi connectivity index (χ4v) is 8.80. The van der Waals surface area contributed by atoms with Crippen LogP contribution in [0.2, 0.25) is 0 Å². The van der Waals surface area contributed by atoms with Gasteiger partial charge >= 0.3 is 19.5 Å². The fraction of sp³-hybridized carbons (Fsp3) is 0.0417. The molecule has 0 radical (unpaired) electrons. The number of aromatic nitrogens is 2. The van der Waals surface area contributed by atoms with Crippen molar-refractivity contribution in [2.45, 2.75) is 23.6 Å². The molecular weight excluding hydrogens is 858 g/mol. The van der Waals surface area contributed by atoms with Crippen LogP contribution in [0.15, 0.2) is 188 Å². The molecule has 296 valence electrons. The van der Waals surface area contributed by atoms with Gasteiger partial charge in [-0.3, -0.25) is 0 Å². The molecule has 0 unspecified atom stereocenters. The molecule has 10 aromatic rings. The molecular formula is C48H34N4O6S2Zn. The molecule has 8 aromatic carbocycles. The summed E-state index contributed by atoms with van der Waals surface area (Å²) in [5.41, 5.74) is 6.32. The molecule has 0 amide bonds. The van der Waals surface area contributed by atoms with Crippen LogP contribution in [0.25, 0.3) is 76.1 Å². The number of fused-ring (bicyclic) bond motifs is 6. The van der Waals surface area contributed by atoms with Crippen molar-refractivity contribution in [3.05, 3.63) is 190 Å². The predicted octanol–water partition coefficient (Wildman–Crippen LogP) is 12.7. The molecule has 0 fully saturated rings. The van der Waals surface area contributed by atoms with Crippen LogP contribution in [0.1, 0.15) is 11.1 Å². The van der Waals surface area contributed by atoms with E-state index in [4.69, 9.17) is 8.83 Å². The number of sulfonamides is 2. The summed E-state index contributed by atoms with van der Waals surface area (Å²) in [5.74, 6) is 0.666. The first-order valence-electron chi connectivity index (χ1n) is 18.9. The summed E-state index contributed by atoms with van der Waals surface area (Å²) in [6, 6.07) is 50.7. The van der Waals surface area contributed by atoms with E-state index in [2.05, 4.69) is 19.4 Å². The number of hydrogen-bond acceptors (Lipinski definition) is 8. The molecule has 0 aliphatic rings. The van der Waals surface area contributed by atoms with Gasteiger partial charge < -0.3 is 18.3 Å². The summed E-state index contributed by atoms with van der Waals surface area (Å²) in [6.45, 7) is 3.81. The van der Waals surface area contributed by atoms with E-state index in [9.17, 15) is 16.8 Å². The van der Waals surface area contributed by atoms with Gasteiger partial charge in [-0.25, -0.2) is 26.8 Å². The molecule has 0 spiro atoms. The van der Waals surface area contributed by atoms with E-state index < -0.39 is 20.0 Å². The predicted molar refractivity (Wildman–Crippen MR) is 237 cm³/mol. The maximum Gasteiger partial charge on any atom is 2.00 e. The minimum absolute atomic E-state index is 0. The van der Waals surface area contributed by atoms with Crippen molar-refractivity contribution in [2.75, 3.05) is 0 Å². The second-order valence-electron chi connectivity index (χ2n) is 14.1. The molecule has 0 saturated carbocycles. The van der Waals surface area contributed by atoms with Crippen LogP contribution in [0, 0.1) is 13.8 Å². The Bertz CT molecular complexity index is 3210. The molecule has 2 heterocycles. The third-order valence-corrected chi connectivity index (χ3v) is 12.5. The number of oxazole rings is 2. The first-order valence-corrected chi connectivity index (χ1v) is 21.8. The molecule has 0 aliphatic carbocycles. The summed E-state index contributed by atoms with van der Waals surface area (Å²) in [7, 11) is -7.74. The zero-order valence-corrected chi connectivity index (χ0v) is 37.5. The van der Waals surface area contributed by atoms with Crippen molar-refractivity contribution in [1.82, 2.24) is 9.97 Å². The summed E-state index contributed by atoms with van der Waals surface area (Å²) in [6.07, 6.45) is 0. The van der Waals surface area contributed by atoms with Gasteiger partial charge in [-0.15, -0.1) is 11.4 Å². The summed E-state index contributed by atoms with van der Waals surface area (Å²) in [4.78, 5) is 9.46. The van der Waals surface area contributed by atoms with Gasteiger partial charge in [0, 0.05) is 21.9 Å². The van der Waals surface area contributed by atoms with E-state index in [1.165, 1.54) is 0 Å². The second-order valence-corrected chi connectivity index (χ2v) is 17.3. The Morgan fingerprint density at radius 2 is 0.787 bits per heavy atom. The van der Waals surface area contributed by atoms with Crippen molar-refractivity contribution < 1.29 is 45.1 Å². The van der Waals surface area contributed by atoms with Crippen LogP contribution >= 0.6 is 0 Å². The number of hydrogen-bond donors (Lipinski definition) is 0. The van der Waals surface area contributed by atoms with Gasteiger partial charge in [-0.2, -0.15) is 0 Å². The summed E-state index contributed by atoms with van der Waals surface area (Å²) < 4.78 is 71.6. The topological polar surface area (TPSA) is 149 Å². The summed E-state index contributed by atoms with van der Waals surface area (Å²) in [5, 5.41) is 4.01. The van der Waals surface area contributed by atoms with Crippen LogP contribution < -0.4 is 0 Å². The van der Waals surface area contributed by atoms with Crippen molar-refractivity contribution >= 4 is 75.2 Å². The zero-order chi connectivity index (χ0) is 41.4. The molecule has 0 bridgehead atoms. The van der Waals surface area contributed by atoms with Gasteiger partial charge in [0.25, 0.3) is 0 Å². The Morgan fingerprint density at radius 1 is 0.426 bits per heavy atom. The smallest absolute Gasteiger partial charge is 0.572 e. The third kappa shape index (κ3) is 8.41. The van der Waals surface area contributed by atoms with Crippen LogP contribution in [0.4, 0.5) is 11.4 Å². The maximum atomic E-state index is 12.8. The molecule has 2 aromatic heterocycles. The van der Waals surface area contributed by atoms with E-state index in [0.717, 1.165) is 32.7 Å². The molecule has 0 atom stereocenters. The van der Waals surface area contributed by atoms with E-state index in [-0.39, 0.29) is 40.6 Å². The van der Waals surface area contributed by atoms with Gasteiger partial charge in [0.1, 0.15) is 31.1 Å². The quantitative estimate of drug-likeness (QED) is 0.137. The number of nitrogens with zero attached hydrogens (tertiary/aromatic N) is 4. The average Bonchev–Trinajstić information content (AvgIpc) is 3.90. The first-order chi connectivity index (χ1) is 29.0. The maximum absolute atomic E-state index is 12.8. The Kier molecular flexibility index (Phi) is 11.3. The Labute approximate surface area is 365 Å². The van der Waals surface area contributed by atoms with Crippen LogP contribution in [0.5, 0.6) is 0 Å².